The van der Waals surface area contributed by atoms with E-state index in [0.29, 0.717) is 19.5 Å². The Morgan fingerprint density at radius 1 is 1.48 bits per heavy atom. The predicted molar refractivity (Wildman–Crippen MR) is 73.9 cm³/mol. The van der Waals surface area contributed by atoms with Gasteiger partial charge in [0, 0.05) is 44.9 Å². The second kappa shape index (κ2) is 6.47. The second-order valence-corrected chi connectivity index (χ2v) is 5.60. The number of carbonyl (C=O) groups is 2. The molecule has 0 bridgehead atoms. The van der Waals surface area contributed by atoms with Crippen molar-refractivity contribution in [3.05, 3.63) is 17.5 Å². The standard InChI is InChI=1S/C13H18F3N5O2/c1-20-7-9(11(19-20)13(14,15)16)5-18-12(23)21-3-2-8(6-21)4-10(17)22/h7-8H,2-6H2,1H3,(H2,17,22)(H,18,23). The van der Waals surface area contributed by atoms with Gasteiger partial charge in [0.1, 0.15) is 0 Å². The summed E-state index contributed by atoms with van der Waals surface area (Å²) in [6.45, 7) is 0.551. The first-order valence-corrected chi connectivity index (χ1v) is 7.07. The van der Waals surface area contributed by atoms with Crippen molar-refractivity contribution in [2.45, 2.75) is 25.6 Å². The average Bonchev–Trinajstić information content (AvgIpc) is 3.01. The van der Waals surface area contributed by atoms with Gasteiger partial charge in [-0.05, 0) is 12.3 Å². The van der Waals surface area contributed by atoms with Crippen molar-refractivity contribution < 1.29 is 22.8 Å². The summed E-state index contributed by atoms with van der Waals surface area (Å²) in [4.78, 5) is 24.3. The molecule has 0 aliphatic carbocycles. The van der Waals surface area contributed by atoms with Gasteiger partial charge in [0.2, 0.25) is 5.91 Å². The van der Waals surface area contributed by atoms with E-state index >= 15 is 0 Å². The maximum atomic E-state index is 12.8. The van der Waals surface area contributed by atoms with Crippen LogP contribution in [0.15, 0.2) is 6.20 Å². The van der Waals surface area contributed by atoms with E-state index in [1.54, 1.807) is 0 Å². The number of nitrogens with one attached hydrogen (secondary N) is 1. The summed E-state index contributed by atoms with van der Waals surface area (Å²) in [5, 5.41) is 5.84. The van der Waals surface area contributed by atoms with E-state index in [-0.39, 0.29) is 24.4 Å². The highest BCUT2D eigenvalue weighted by Gasteiger charge is 2.37. The summed E-state index contributed by atoms with van der Waals surface area (Å²) in [5.74, 6) is -0.426. The smallest absolute Gasteiger partial charge is 0.370 e. The normalized spacial score (nSPS) is 18.3. The molecule has 0 saturated carbocycles. The minimum atomic E-state index is -4.57. The molecule has 23 heavy (non-hydrogen) atoms. The highest BCUT2D eigenvalue weighted by molar-refractivity contribution is 5.76. The minimum absolute atomic E-state index is 0.00220. The van der Waals surface area contributed by atoms with Gasteiger partial charge >= 0.3 is 12.2 Å². The van der Waals surface area contributed by atoms with E-state index in [2.05, 4.69) is 10.4 Å². The van der Waals surface area contributed by atoms with Crippen LogP contribution in [0.1, 0.15) is 24.1 Å². The molecule has 1 unspecified atom stereocenters. The van der Waals surface area contributed by atoms with Crippen molar-refractivity contribution in [3.8, 4) is 0 Å². The molecule has 3 N–H and O–H groups in total. The van der Waals surface area contributed by atoms with Crippen LogP contribution in [0, 0.1) is 5.92 Å². The number of halogens is 3. The predicted octanol–water partition coefficient (Wildman–Crippen LogP) is 0.846. The summed E-state index contributed by atoms with van der Waals surface area (Å²) in [7, 11) is 1.38. The van der Waals surface area contributed by atoms with Crippen molar-refractivity contribution in [1.82, 2.24) is 20.0 Å². The number of aromatic nitrogens is 2. The molecule has 0 aromatic carbocycles. The van der Waals surface area contributed by atoms with Crippen LogP contribution in [0.2, 0.25) is 0 Å². The number of nitrogens with two attached hydrogens (primary N) is 1. The molecule has 7 nitrogen and oxygen atoms in total. The number of amides is 3. The molecule has 3 amide bonds. The van der Waals surface area contributed by atoms with Crippen molar-refractivity contribution in [1.29, 1.82) is 0 Å². The Bertz CT molecular complexity index is 599. The van der Waals surface area contributed by atoms with Gasteiger partial charge in [-0.15, -0.1) is 0 Å². The zero-order chi connectivity index (χ0) is 17.2. The molecule has 1 fully saturated rings. The van der Waals surface area contributed by atoms with E-state index in [1.807, 2.05) is 0 Å². The topological polar surface area (TPSA) is 93.3 Å². The van der Waals surface area contributed by atoms with E-state index in [0.717, 1.165) is 4.68 Å². The van der Waals surface area contributed by atoms with Crippen LogP contribution in [-0.2, 0) is 24.6 Å². The van der Waals surface area contributed by atoms with Gasteiger partial charge in [-0.2, -0.15) is 18.3 Å². The first-order valence-electron chi connectivity index (χ1n) is 7.07. The summed E-state index contributed by atoms with van der Waals surface area (Å²) in [6, 6.07) is -0.464. The molecule has 0 radical (unpaired) electrons. The lowest BCUT2D eigenvalue weighted by molar-refractivity contribution is -0.142. The Morgan fingerprint density at radius 2 is 2.17 bits per heavy atom. The van der Waals surface area contributed by atoms with Crippen LogP contribution < -0.4 is 11.1 Å². The fourth-order valence-corrected chi connectivity index (χ4v) is 2.66. The van der Waals surface area contributed by atoms with Crippen molar-refractivity contribution >= 4 is 11.9 Å². The summed E-state index contributed by atoms with van der Waals surface area (Å²) < 4.78 is 39.5. The van der Waals surface area contributed by atoms with E-state index in [4.69, 9.17) is 5.73 Å². The Kier molecular flexibility index (Phi) is 4.81. The quantitative estimate of drug-likeness (QED) is 0.855. The third-order valence-corrected chi connectivity index (χ3v) is 3.67. The molecule has 1 aliphatic heterocycles. The number of nitrogens with zero attached hydrogens (tertiary/aromatic N) is 3. The maximum absolute atomic E-state index is 12.8. The Labute approximate surface area is 130 Å². The number of alkyl halides is 3. The van der Waals surface area contributed by atoms with Gasteiger partial charge < -0.3 is 16.0 Å². The van der Waals surface area contributed by atoms with Gasteiger partial charge in [-0.25, -0.2) is 4.79 Å². The fraction of sp³-hybridized carbons (Fsp3) is 0.615. The van der Waals surface area contributed by atoms with E-state index < -0.39 is 23.8 Å². The monoisotopic (exact) mass is 333 g/mol. The minimum Gasteiger partial charge on any atom is -0.370 e. The summed E-state index contributed by atoms with van der Waals surface area (Å²) in [5.41, 5.74) is 4.01. The Morgan fingerprint density at radius 3 is 2.78 bits per heavy atom. The molecule has 1 aromatic rings. The average molecular weight is 333 g/mol. The van der Waals surface area contributed by atoms with Crippen LogP contribution in [0.25, 0.3) is 0 Å². The number of primary amides is 1. The van der Waals surface area contributed by atoms with Gasteiger partial charge in [0.15, 0.2) is 5.69 Å². The Hall–Kier alpha value is -2.26. The first-order chi connectivity index (χ1) is 10.7. The fourth-order valence-electron chi connectivity index (χ4n) is 2.66. The summed E-state index contributed by atoms with van der Waals surface area (Å²) >= 11 is 0. The third kappa shape index (κ3) is 4.36. The van der Waals surface area contributed by atoms with Gasteiger partial charge in [0.25, 0.3) is 0 Å². The zero-order valence-corrected chi connectivity index (χ0v) is 12.6. The van der Waals surface area contributed by atoms with E-state index in [9.17, 15) is 22.8 Å². The lowest BCUT2D eigenvalue weighted by Crippen LogP contribution is -2.38. The lowest BCUT2D eigenvalue weighted by Gasteiger charge is -2.17. The molecule has 128 valence electrons. The SMILES string of the molecule is Cn1cc(CNC(=O)N2CCC(CC(N)=O)C2)c(C(F)(F)F)n1. The number of carbonyl (C=O) groups excluding carboxylic acids is 2. The molecule has 2 rings (SSSR count). The van der Waals surface area contributed by atoms with Gasteiger partial charge in [0.05, 0.1) is 0 Å². The van der Waals surface area contributed by atoms with E-state index in [1.165, 1.54) is 18.1 Å². The third-order valence-electron chi connectivity index (χ3n) is 3.67. The van der Waals surface area contributed by atoms with Gasteiger partial charge in [-0.3, -0.25) is 9.48 Å². The number of aryl methyl sites for hydroxylation is 1. The Balaban J connectivity index is 1.92. The number of likely N-dealkylation sites (tertiary alicyclic amines) is 1. The van der Waals surface area contributed by atoms with Crippen LogP contribution in [-0.4, -0.2) is 39.7 Å². The lowest BCUT2D eigenvalue weighted by atomic mass is 10.1. The highest BCUT2D eigenvalue weighted by Crippen LogP contribution is 2.30. The molecular formula is C13H18F3N5O2. The molecule has 2 heterocycles. The first kappa shape index (κ1) is 17.1. The zero-order valence-electron chi connectivity index (χ0n) is 12.6. The number of hydrogen-bond donors (Lipinski definition) is 2. The number of urea groups is 1. The second-order valence-electron chi connectivity index (χ2n) is 5.60. The molecule has 1 atom stereocenters. The van der Waals surface area contributed by atoms with Crippen LogP contribution in [0.5, 0.6) is 0 Å². The van der Waals surface area contributed by atoms with Crippen molar-refractivity contribution in [2.24, 2.45) is 18.7 Å². The highest BCUT2D eigenvalue weighted by atomic mass is 19.4. The van der Waals surface area contributed by atoms with Crippen molar-refractivity contribution in [2.75, 3.05) is 13.1 Å². The van der Waals surface area contributed by atoms with Gasteiger partial charge in [-0.1, -0.05) is 0 Å². The van der Waals surface area contributed by atoms with Crippen molar-refractivity contribution in [3.63, 3.8) is 0 Å². The largest absolute Gasteiger partial charge is 0.435 e. The number of hydrogen-bond acceptors (Lipinski definition) is 3. The van der Waals surface area contributed by atoms with Crippen LogP contribution in [0.3, 0.4) is 0 Å². The molecule has 0 spiro atoms. The summed E-state index contributed by atoms with van der Waals surface area (Å²) in [6.07, 6.45) is -2.49. The van der Waals surface area contributed by atoms with Crippen LogP contribution in [0.4, 0.5) is 18.0 Å². The maximum Gasteiger partial charge on any atom is 0.435 e. The molecule has 1 aromatic heterocycles. The molecule has 10 heteroatoms. The molecular weight excluding hydrogens is 315 g/mol. The number of rotatable bonds is 4. The molecule has 1 aliphatic rings. The molecule has 1 saturated heterocycles. The van der Waals surface area contributed by atoms with Crippen LogP contribution >= 0.6 is 0 Å².